The largest absolute Gasteiger partial charge is 0.359 e. The van der Waals surface area contributed by atoms with Gasteiger partial charge in [-0.25, -0.2) is 0 Å². The van der Waals surface area contributed by atoms with Gasteiger partial charge in [0, 0.05) is 19.0 Å². The number of halogens is 1. The Bertz CT molecular complexity index is 387. The first-order chi connectivity index (χ1) is 7.54. The fourth-order valence-corrected chi connectivity index (χ4v) is 1.81. The molecule has 16 heavy (non-hydrogen) atoms. The van der Waals surface area contributed by atoms with Crippen LogP contribution in [-0.2, 0) is 4.79 Å². The number of nitrogens with one attached hydrogen (secondary N) is 1. The smallest absolute Gasteiger partial charge is 0.221 e. The van der Waals surface area contributed by atoms with E-state index < -0.39 is 4.83 Å². The van der Waals surface area contributed by atoms with Crippen LogP contribution < -0.4 is 5.32 Å². The zero-order chi connectivity index (χ0) is 12.1. The van der Waals surface area contributed by atoms with E-state index in [0.717, 1.165) is 5.56 Å². The maximum Gasteiger partial charge on any atom is 0.221 e. The van der Waals surface area contributed by atoms with Crippen molar-refractivity contribution in [1.82, 2.24) is 5.32 Å². The third-order valence-electron chi connectivity index (χ3n) is 2.26. The van der Waals surface area contributed by atoms with Crippen molar-refractivity contribution in [3.63, 3.8) is 0 Å². The topological polar surface area (TPSA) is 46.2 Å². The van der Waals surface area contributed by atoms with Crippen LogP contribution in [0.4, 0.5) is 0 Å². The third kappa shape index (κ3) is 3.45. The molecule has 1 N–H and O–H groups in total. The number of hydrogen-bond donors (Lipinski definition) is 1. The fraction of sp³-hybridized carbons (Fsp3) is 0.333. The minimum Gasteiger partial charge on any atom is -0.359 e. The van der Waals surface area contributed by atoms with Gasteiger partial charge in [-0.2, -0.15) is 0 Å². The van der Waals surface area contributed by atoms with Gasteiger partial charge in [0.15, 0.2) is 5.78 Å². The summed E-state index contributed by atoms with van der Waals surface area (Å²) in [6, 6.07) is 7.31. The van der Waals surface area contributed by atoms with Crippen LogP contribution in [0.5, 0.6) is 0 Å². The van der Waals surface area contributed by atoms with Crippen LogP contribution in [0.15, 0.2) is 24.3 Å². The predicted molar refractivity (Wildman–Crippen MR) is 66.9 cm³/mol. The molecule has 0 heterocycles. The van der Waals surface area contributed by atoms with E-state index in [1.165, 1.54) is 0 Å². The van der Waals surface area contributed by atoms with Crippen molar-refractivity contribution >= 4 is 27.6 Å². The predicted octanol–water partition coefficient (Wildman–Crippen LogP) is 2.08. The quantitative estimate of drug-likeness (QED) is 0.679. The van der Waals surface area contributed by atoms with Gasteiger partial charge in [-0.1, -0.05) is 45.8 Å². The minimum absolute atomic E-state index is 0.0661. The van der Waals surface area contributed by atoms with Gasteiger partial charge in [0.1, 0.15) is 0 Å². The minimum atomic E-state index is -0.463. The third-order valence-corrected chi connectivity index (χ3v) is 3.00. The first-order valence-electron chi connectivity index (χ1n) is 5.00. The Balaban J connectivity index is 2.70. The SMILES string of the molecule is CNC(=O)CC(Br)C(=O)c1ccc(C)cc1. The molecule has 0 saturated carbocycles. The van der Waals surface area contributed by atoms with Gasteiger partial charge in [0.2, 0.25) is 5.91 Å². The van der Waals surface area contributed by atoms with Gasteiger partial charge < -0.3 is 5.32 Å². The molecule has 1 aromatic rings. The lowest BCUT2D eigenvalue weighted by Gasteiger charge is -2.08. The van der Waals surface area contributed by atoms with Gasteiger partial charge in [0.05, 0.1) is 4.83 Å². The van der Waals surface area contributed by atoms with Crippen molar-refractivity contribution in [2.45, 2.75) is 18.2 Å². The molecule has 0 aromatic heterocycles. The Labute approximate surface area is 103 Å². The van der Waals surface area contributed by atoms with E-state index in [1.54, 1.807) is 19.2 Å². The molecule has 1 atom stereocenters. The molecule has 1 unspecified atom stereocenters. The zero-order valence-corrected chi connectivity index (χ0v) is 10.9. The van der Waals surface area contributed by atoms with Gasteiger partial charge >= 0.3 is 0 Å². The summed E-state index contributed by atoms with van der Waals surface area (Å²) in [5.41, 5.74) is 1.73. The first kappa shape index (κ1) is 12.9. The highest BCUT2D eigenvalue weighted by molar-refractivity contribution is 9.10. The monoisotopic (exact) mass is 283 g/mol. The van der Waals surface area contributed by atoms with Crippen LogP contribution in [0.25, 0.3) is 0 Å². The number of carbonyl (C=O) groups is 2. The summed E-state index contributed by atoms with van der Waals surface area (Å²) in [4.78, 5) is 22.5. The summed E-state index contributed by atoms with van der Waals surface area (Å²) >= 11 is 3.23. The van der Waals surface area contributed by atoms with E-state index in [1.807, 2.05) is 19.1 Å². The zero-order valence-electron chi connectivity index (χ0n) is 9.29. The molecule has 1 amide bonds. The van der Waals surface area contributed by atoms with Crippen molar-refractivity contribution < 1.29 is 9.59 Å². The summed E-state index contributed by atoms with van der Waals surface area (Å²) in [5, 5.41) is 2.49. The summed E-state index contributed by atoms with van der Waals surface area (Å²) in [7, 11) is 1.55. The summed E-state index contributed by atoms with van der Waals surface area (Å²) in [5.74, 6) is -0.217. The lowest BCUT2D eigenvalue weighted by Crippen LogP contribution is -2.25. The molecule has 0 aliphatic carbocycles. The Morgan fingerprint density at radius 1 is 1.31 bits per heavy atom. The van der Waals surface area contributed by atoms with E-state index in [2.05, 4.69) is 21.2 Å². The molecule has 1 aromatic carbocycles. The van der Waals surface area contributed by atoms with Gasteiger partial charge in [0.25, 0.3) is 0 Å². The second-order valence-electron chi connectivity index (χ2n) is 3.58. The molecular formula is C12H14BrNO2. The number of benzene rings is 1. The molecule has 3 nitrogen and oxygen atoms in total. The van der Waals surface area contributed by atoms with Crippen molar-refractivity contribution in [3.8, 4) is 0 Å². The summed E-state index contributed by atoms with van der Waals surface area (Å²) < 4.78 is 0. The number of hydrogen-bond acceptors (Lipinski definition) is 2. The summed E-state index contributed by atoms with van der Waals surface area (Å²) in [6.07, 6.45) is 0.156. The molecule has 0 aliphatic heterocycles. The highest BCUT2D eigenvalue weighted by Crippen LogP contribution is 2.14. The molecule has 0 radical (unpaired) electrons. The van der Waals surface area contributed by atoms with Crippen LogP contribution in [-0.4, -0.2) is 23.6 Å². The van der Waals surface area contributed by atoms with E-state index in [-0.39, 0.29) is 18.1 Å². The normalized spacial score (nSPS) is 11.9. The molecule has 1 rings (SSSR count). The fourth-order valence-electron chi connectivity index (χ4n) is 1.26. The van der Waals surface area contributed by atoms with E-state index in [4.69, 9.17) is 0 Å². The number of ketones is 1. The van der Waals surface area contributed by atoms with Crippen LogP contribution in [0.3, 0.4) is 0 Å². The van der Waals surface area contributed by atoms with Crippen molar-refractivity contribution in [2.75, 3.05) is 7.05 Å². The standard InChI is InChI=1S/C12H14BrNO2/c1-8-3-5-9(6-4-8)12(16)10(13)7-11(15)14-2/h3-6,10H,7H2,1-2H3,(H,14,15). The van der Waals surface area contributed by atoms with Crippen molar-refractivity contribution in [2.24, 2.45) is 0 Å². The van der Waals surface area contributed by atoms with Crippen molar-refractivity contribution in [3.05, 3.63) is 35.4 Å². The highest BCUT2D eigenvalue weighted by Gasteiger charge is 2.19. The van der Waals surface area contributed by atoms with Crippen molar-refractivity contribution in [1.29, 1.82) is 0 Å². The highest BCUT2D eigenvalue weighted by atomic mass is 79.9. The molecule has 0 aliphatic rings. The first-order valence-corrected chi connectivity index (χ1v) is 5.91. The van der Waals surface area contributed by atoms with E-state index in [0.29, 0.717) is 5.56 Å². The Kier molecular flexibility index (Phi) is 4.68. The molecule has 4 heteroatoms. The van der Waals surface area contributed by atoms with E-state index in [9.17, 15) is 9.59 Å². The van der Waals surface area contributed by atoms with Gasteiger partial charge in [-0.15, -0.1) is 0 Å². The molecule has 86 valence electrons. The molecule has 0 saturated heterocycles. The summed E-state index contributed by atoms with van der Waals surface area (Å²) in [6.45, 7) is 1.96. The van der Waals surface area contributed by atoms with Crippen LogP contribution in [0.2, 0.25) is 0 Å². The number of alkyl halides is 1. The number of amides is 1. The lowest BCUT2D eigenvalue weighted by atomic mass is 10.0. The molecule has 0 fully saturated rings. The second kappa shape index (κ2) is 5.80. The Morgan fingerprint density at radius 2 is 1.88 bits per heavy atom. The second-order valence-corrected chi connectivity index (χ2v) is 4.68. The molecule has 0 bridgehead atoms. The van der Waals surface area contributed by atoms with Crippen LogP contribution >= 0.6 is 15.9 Å². The average Bonchev–Trinajstić information content (AvgIpc) is 2.28. The number of aryl methyl sites for hydroxylation is 1. The van der Waals surface area contributed by atoms with Crippen LogP contribution in [0.1, 0.15) is 22.3 Å². The Hall–Kier alpha value is -1.16. The lowest BCUT2D eigenvalue weighted by molar-refractivity contribution is -0.120. The van der Waals surface area contributed by atoms with Gasteiger partial charge in [-0.05, 0) is 6.92 Å². The average molecular weight is 284 g/mol. The maximum atomic E-state index is 11.9. The maximum absolute atomic E-state index is 11.9. The van der Waals surface area contributed by atoms with E-state index >= 15 is 0 Å². The molecular weight excluding hydrogens is 270 g/mol. The van der Waals surface area contributed by atoms with Gasteiger partial charge in [-0.3, -0.25) is 9.59 Å². The number of Topliss-reactive ketones (excluding diaryl/α,β-unsaturated/α-hetero) is 1. The number of carbonyl (C=O) groups excluding carboxylic acids is 2. The number of rotatable bonds is 4. The van der Waals surface area contributed by atoms with Crippen LogP contribution in [0, 0.1) is 6.92 Å². The molecule has 0 spiro atoms. The Morgan fingerprint density at radius 3 is 2.38 bits per heavy atom.